The third-order valence-electron chi connectivity index (χ3n) is 3.89. The molecule has 0 amide bonds. The fourth-order valence-corrected chi connectivity index (χ4v) is 3.98. The van der Waals surface area contributed by atoms with Crippen molar-refractivity contribution in [2.75, 3.05) is 24.7 Å². The molecule has 0 saturated carbocycles. The first-order valence-corrected chi connectivity index (χ1v) is 8.20. The van der Waals surface area contributed by atoms with Gasteiger partial charge in [0.15, 0.2) is 5.82 Å². The van der Waals surface area contributed by atoms with Gasteiger partial charge in [-0.15, -0.1) is 0 Å². The van der Waals surface area contributed by atoms with Crippen LogP contribution in [0.15, 0.2) is 4.52 Å². The summed E-state index contributed by atoms with van der Waals surface area (Å²) in [5, 5.41) is 7.69. The van der Waals surface area contributed by atoms with Gasteiger partial charge in [-0.2, -0.15) is 16.7 Å². The van der Waals surface area contributed by atoms with Gasteiger partial charge < -0.3 is 14.6 Å². The van der Waals surface area contributed by atoms with Crippen LogP contribution in [-0.2, 0) is 4.74 Å². The Morgan fingerprint density at radius 3 is 2.79 bits per heavy atom. The molecule has 106 valence electrons. The van der Waals surface area contributed by atoms with Gasteiger partial charge >= 0.3 is 0 Å². The molecule has 2 aliphatic heterocycles. The van der Waals surface area contributed by atoms with E-state index >= 15 is 0 Å². The average molecular weight is 283 g/mol. The van der Waals surface area contributed by atoms with Crippen LogP contribution in [0, 0.1) is 12.8 Å². The first-order chi connectivity index (χ1) is 9.33. The van der Waals surface area contributed by atoms with Gasteiger partial charge in [-0.05, 0) is 37.9 Å². The molecule has 1 N–H and O–H groups in total. The van der Waals surface area contributed by atoms with Gasteiger partial charge in [0.25, 0.3) is 0 Å². The number of aryl methyl sites for hydroxylation is 1. The quantitative estimate of drug-likeness (QED) is 0.911. The highest BCUT2D eigenvalue weighted by molar-refractivity contribution is 7.99. The summed E-state index contributed by atoms with van der Waals surface area (Å²) in [7, 11) is 0. The van der Waals surface area contributed by atoms with Crippen LogP contribution < -0.4 is 5.32 Å². The normalized spacial score (nSPS) is 26.7. The summed E-state index contributed by atoms with van der Waals surface area (Å²) in [5.74, 6) is 4.45. The fourth-order valence-electron chi connectivity index (χ4n) is 2.82. The molecule has 0 bridgehead atoms. The number of hydrogen-bond acceptors (Lipinski definition) is 6. The molecule has 2 fully saturated rings. The largest absolute Gasteiger partial charge is 0.381 e. The minimum atomic E-state index is 0.189. The number of rotatable bonds is 4. The van der Waals surface area contributed by atoms with E-state index in [1.165, 1.54) is 17.9 Å². The van der Waals surface area contributed by atoms with Crippen molar-refractivity contribution in [3.05, 3.63) is 11.7 Å². The summed E-state index contributed by atoms with van der Waals surface area (Å²) in [5.41, 5.74) is 0. The lowest BCUT2D eigenvalue weighted by Crippen LogP contribution is -2.38. The number of nitrogens with zero attached hydrogens (tertiary/aromatic N) is 2. The van der Waals surface area contributed by atoms with Crippen molar-refractivity contribution < 1.29 is 9.26 Å². The molecule has 5 nitrogen and oxygen atoms in total. The van der Waals surface area contributed by atoms with E-state index in [0.29, 0.717) is 12.0 Å². The lowest BCUT2D eigenvalue weighted by atomic mass is 9.91. The Bertz CT molecular complexity index is 400. The van der Waals surface area contributed by atoms with Gasteiger partial charge in [0.05, 0.1) is 6.04 Å². The zero-order valence-corrected chi connectivity index (χ0v) is 12.1. The lowest BCUT2D eigenvalue weighted by Gasteiger charge is -2.30. The van der Waals surface area contributed by atoms with E-state index in [4.69, 9.17) is 9.26 Å². The molecule has 6 heteroatoms. The summed E-state index contributed by atoms with van der Waals surface area (Å²) in [4.78, 5) is 4.44. The average Bonchev–Trinajstić information content (AvgIpc) is 3.08. The van der Waals surface area contributed by atoms with Crippen molar-refractivity contribution in [2.24, 2.45) is 5.92 Å². The Balaban J connectivity index is 1.73. The molecular formula is C13H21N3O2S. The summed E-state index contributed by atoms with van der Waals surface area (Å²) >= 11 is 2.02. The topological polar surface area (TPSA) is 60.2 Å². The second-order valence-electron chi connectivity index (χ2n) is 5.33. The predicted molar refractivity (Wildman–Crippen MR) is 74.2 cm³/mol. The first kappa shape index (κ1) is 13.4. The van der Waals surface area contributed by atoms with Crippen LogP contribution in [0.4, 0.5) is 0 Å². The number of nitrogens with one attached hydrogen (secondary N) is 1. The second kappa shape index (κ2) is 6.24. The number of hydrogen-bond donors (Lipinski definition) is 1. The Morgan fingerprint density at radius 1 is 1.32 bits per heavy atom. The molecule has 0 unspecified atom stereocenters. The van der Waals surface area contributed by atoms with Crippen molar-refractivity contribution in [3.63, 3.8) is 0 Å². The lowest BCUT2D eigenvalue weighted by molar-refractivity contribution is 0.0473. The minimum absolute atomic E-state index is 0.189. The smallest absolute Gasteiger partial charge is 0.244 e. The maximum Gasteiger partial charge on any atom is 0.244 e. The second-order valence-corrected chi connectivity index (χ2v) is 6.48. The van der Waals surface area contributed by atoms with Crippen molar-refractivity contribution in [1.29, 1.82) is 0 Å². The highest BCUT2D eigenvalue weighted by Gasteiger charge is 2.32. The van der Waals surface area contributed by atoms with Crippen LogP contribution >= 0.6 is 11.8 Å². The highest BCUT2D eigenvalue weighted by Crippen LogP contribution is 2.31. The zero-order chi connectivity index (χ0) is 13.1. The third kappa shape index (κ3) is 3.30. The van der Waals surface area contributed by atoms with Crippen LogP contribution in [0.3, 0.4) is 0 Å². The molecule has 1 aromatic rings. The first-order valence-electron chi connectivity index (χ1n) is 7.04. The van der Waals surface area contributed by atoms with Gasteiger partial charge in [0.2, 0.25) is 5.89 Å². The maximum atomic E-state index is 5.46. The van der Waals surface area contributed by atoms with E-state index in [1.54, 1.807) is 0 Å². The molecular weight excluding hydrogens is 262 g/mol. The summed E-state index contributed by atoms with van der Waals surface area (Å²) in [6.07, 6.45) is 3.37. The van der Waals surface area contributed by atoms with E-state index in [9.17, 15) is 0 Å². The molecule has 3 rings (SSSR count). The number of aromatic nitrogens is 2. The van der Waals surface area contributed by atoms with Crippen LogP contribution in [0.25, 0.3) is 0 Å². The van der Waals surface area contributed by atoms with Crippen LogP contribution in [-0.4, -0.2) is 40.9 Å². The maximum absolute atomic E-state index is 5.46. The van der Waals surface area contributed by atoms with Gasteiger partial charge in [0.1, 0.15) is 0 Å². The van der Waals surface area contributed by atoms with Crippen molar-refractivity contribution in [2.45, 2.75) is 38.3 Å². The van der Waals surface area contributed by atoms with Crippen LogP contribution in [0.1, 0.15) is 37.0 Å². The van der Waals surface area contributed by atoms with E-state index in [2.05, 4.69) is 15.5 Å². The Morgan fingerprint density at radius 2 is 2.16 bits per heavy atom. The number of ether oxygens (including phenoxy) is 1. The Labute approximate surface area is 117 Å². The van der Waals surface area contributed by atoms with E-state index < -0.39 is 0 Å². The highest BCUT2D eigenvalue weighted by atomic mass is 32.2. The Kier molecular flexibility index (Phi) is 4.40. The molecule has 2 atom stereocenters. The minimum Gasteiger partial charge on any atom is -0.381 e. The molecule has 0 spiro atoms. The van der Waals surface area contributed by atoms with E-state index in [1.807, 2.05) is 18.7 Å². The van der Waals surface area contributed by atoms with E-state index in [0.717, 1.165) is 37.8 Å². The molecule has 0 radical (unpaired) electrons. The van der Waals surface area contributed by atoms with E-state index in [-0.39, 0.29) is 6.04 Å². The molecule has 1 aromatic heterocycles. The van der Waals surface area contributed by atoms with Crippen molar-refractivity contribution in [1.82, 2.24) is 15.5 Å². The monoisotopic (exact) mass is 283 g/mol. The standard InChI is InChI=1S/C13H21N3O2S/c1-9-14-13(18-16-9)12(10-2-5-17-6-3-10)15-11-4-7-19-8-11/h10-12,15H,2-8H2,1H3/t11-,12-/m1/s1. The molecule has 2 saturated heterocycles. The molecule has 0 aliphatic carbocycles. The van der Waals surface area contributed by atoms with Gasteiger partial charge in [0, 0.05) is 25.0 Å². The third-order valence-corrected chi connectivity index (χ3v) is 5.05. The SMILES string of the molecule is Cc1noc([C@H](N[C@@H]2CCSC2)C2CCOCC2)n1. The molecule has 3 heterocycles. The van der Waals surface area contributed by atoms with Crippen molar-refractivity contribution in [3.8, 4) is 0 Å². The van der Waals surface area contributed by atoms with Crippen molar-refractivity contribution >= 4 is 11.8 Å². The van der Waals surface area contributed by atoms with Gasteiger partial charge in [-0.25, -0.2) is 0 Å². The summed E-state index contributed by atoms with van der Waals surface area (Å²) in [6.45, 7) is 3.56. The van der Waals surface area contributed by atoms with Crippen LogP contribution in [0.2, 0.25) is 0 Å². The fraction of sp³-hybridized carbons (Fsp3) is 0.846. The van der Waals surface area contributed by atoms with Gasteiger partial charge in [-0.1, -0.05) is 5.16 Å². The molecule has 0 aromatic carbocycles. The zero-order valence-electron chi connectivity index (χ0n) is 11.3. The predicted octanol–water partition coefficient (Wildman–Crippen LogP) is 1.94. The summed E-state index contributed by atoms with van der Waals surface area (Å²) < 4.78 is 10.9. The molecule has 2 aliphatic rings. The Hall–Kier alpha value is -0.590. The van der Waals surface area contributed by atoms with Gasteiger partial charge in [-0.3, -0.25) is 0 Å². The summed E-state index contributed by atoms with van der Waals surface area (Å²) in [6, 6.07) is 0.763. The number of thioether (sulfide) groups is 1. The van der Waals surface area contributed by atoms with Crippen LogP contribution in [0.5, 0.6) is 0 Å². The molecule has 19 heavy (non-hydrogen) atoms.